The van der Waals surface area contributed by atoms with E-state index in [1.165, 1.54) is 5.69 Å². The van der Waals surface area contributed by atoms with E-state index >= 15 is 0 Å². The number of rotatable bonds is 4. The van der Waals surface area contributed by atoms with Crippen molar-refractivity contribution in [2.24, 2.45) is 0 Å². The summed E-state index contributed by atoms with van der Waals surface area (Å²) in [6.07, 6.45) is 1.11. The predicted molar refractivity (Wildman–Crippen MR) is 96.1 cm³/mol. The number of hydrogen-bond acceptors (Lipinski definition) is 4. The van der Waals surface area contributed by atoms with Crippen LogP contribution < -0.4 is 10.6 Å². The van der Waals surface area contributed by atoms with E-state index in [0.717, 1.165) is 31.7 Å². The number of nitrogens with two attached hydrogens (primary N) is 1. The lowest BCUT2D eigenvalue weighted by atomic mass is 10.1. The highest BCUT2D eigenvalue weighted by Gasteiger charge is 2.20. The minimum atomic E-state index is 0.0853. The molecule has 1 heterocycles. The second kappa shape index (κ2) is 7.25. The molecule has 0 unspecified atom stereocenters. The van der Waals surface area contributed by atoms with Crippen LogP contribution in [-0.4, -0.2) is 42.1 Å². The number of nitrogen functional groups attached to an aromatic ring is 1. The number of aromatic hydroxyl groups is 1. The van der Waals surface area contributed by atoms with Crippen molar-refractivity contribution >= 4 is 17.3 Å². The first kappa shape index (κ1) is 16.2. The van der Waals surface area contributed by atoms with Crippen LogP contribution in [0, 0.1) is 0 Å². The van der Waals surface area contributed by atoms with Crippen molar-refractivity contribution < 1.29 is 9.90 Å². The number of anilines is 2. The molecule has 0 saturated carbocycles. The Bertz CT molecular complexity index is 695. The molecule has 24 heavy (non-hydrogen) atoms. The van der Waals surface area contributed by atoms with Crippen molar-refractivity contribution in [2.75, 3.05) is 36.8 Å². The molecule has 1 aliphatic heterocycles. The summed E-state index contributed by atoms with van der Waals surface area (Å²) in [5.41, 5.74) is 8.23. The van der Waals surface area contributed by atoms with E-state index in [1.807, 2.05) is 29.2 Å². The second-order valence-corrected chi connectivity index (χ2v) is 6.10. The molecule has 3 N–H and O–H groups in total. The van der Waals surface area contributed by atoms with Gasteiger partial charge in [-0.15, -0.1) is 0 Å². The van der Waals surface area contributed by atoms with E-state index in [-0.39, 0.29) is 11.7 Å². The molecule has 0 aliphatic carbocycles. The molecule has 0 radical (unpaired) electrons. The number of phenols is 1. The Morgan fingerprint density at radius 2 is 1.75 bits per heavy atom. The third-order valence-corrected chi connectivity index (χ3v) is 4.47. The van der Waals surface area contributed by atoms with Gasteiger partial charge in [0.2, 0.25) is 5.91 Å². The number of hydrogen-bond donors (Lipinski definition) is 2. The Kier molecular flexibility index (Phi) is 4.89. The number of nitrogens with zero attached hydrogens (tertiary/aromatic N) is 2. The zero-order valence-corrected chi connectivity index (χ0v) is 13.7. The van der Waals surface area contributed by atoms with Gasteiger partial charge in [0.05, 0.1) is 5.69 Å². The lowest BCUT2D eigenvalue weighted by Gasteiger charge is -2.36. The smallest absolute Gasteiger partial charge is 0.223 e. The van der Waals surface area contributed by atoms with E-state index < -0.39 is 0 Å². The van der Waals surface area contributed by atoms with Gasteiger partial charge in [-0.25, -0.2) is 0 Å². The monoisotopic (exact) mass is 325 g/mol. The highest BCUT2D eigenvalue weighted by atomic mass is 16.3. The van der Waals surface area contributed by atoms with Gasteiger partial charge in [-0.3, -0.25) is 4.79 Å². The lowest BCUT2D eigenvalue weighted by Crippen LogP contribution is -2.48. The summed E-state index contributed by atoms with van der Waals surface area (Å²) in [7, 11) is 0. The van der Waals surface area contributed by atoms with Gasteiger partial charge in [0.15, 0.2) is 0 Å². The molecule has 0 spiro atoms. The Morgan fingerprint density at radius 3 is 2.42 bits per heavy atom. The summed E-state index contributed by atoms with van der Waals surface area (Å²) in [6, 6.07) is 15.4. The fourth-order valence-electron chi connectivity index (χ4n) is 3.02. The topological polar surface area (TPSA) is 69.8 Å². The molecule has 1 amide bonds. The van der Waals surface area contributed by atoms with Crippen LogP contribution in [0.5, 0.6) is 5.75 Å². The summed E-state index contributed by atoms with van der Waals surface area (Å²) in [5.74, 6) is 0.261. The van der Waals surface area contributed by atoms with Crippen molar-refractivity contribution in [2.45, 2.75) is 12.8 Å². The first-order valence-corrected chi connectivity index (χ1v) is 8.28. The Labute approximate surface area is 142 Å². The van der Waals surface area contributed by atoms with E-state index in [0.29, 0.717) is 18.5 Å². The van der Waals surface area contributed by atoms with Crippen molar-refractivity contribution in [3.05, 3.63) is 54.1 Å². The normalized spacial score (nSPS) is 14.7. The SMILES string of the molecule is Nc1cc(CCC(=O)N2CCN(c3ccccc3)CC2)ccc1O. The molecule has 1 fully saturated rings. The number of carbonyl (C=O) groups is 1. The maximum Gasteiger partial charge on any atom is 0.223 e. The highest BCUT2D eigenvalue weighted by Crippen LogP contribution is 2.21. The number of aryl methyl sites for hydroxylation is 1. The largest absolute Gasteiger partial charge is 0.506 e. The number of phenolic OH excluding ortho intramolecular Hbond substituents is 1. The van der Waals surface area contributed by atoms with Gasteiger partial charge in [-0.1, -0.05) is 24.3 Å². The fourth-order valence-corrected chi connectivity index (χ4v) is 3.02. The Morgan fingerprint density at radius 1 is 1.04 bits per heavy atom. The molecule has 126 valence electrons. The minimum absolute atomic E-state index is 0.0853. The van der Waals surface area contributed by atoms with Gasteiger partial charge in [0, 0.05) is 38.3 Å². The van der Waals surface area contributed by atoms with Gasteiger partial charge in [-0.05, 0) is 36.2 Å². The summed E-state index contributed by atoms with van der Waals surface area (Å²) >= 11 is 0. The Balaban J connectivity index is 1.49. The average Bonchev–Trinajstić information content (AvgIpc) is 2.63. The lowest BCUT2D eigenvalue weighted by molar-refractivity contribution is -0.131. The van der Waals surface area contributed by atoms with Gasteiger partial charge >= 0.3 is 0 Å². The maximum atomic E-state index is 12.4. The maximum absolute atomic E-state index is 12.4. The molecule has 1 aliphatic rings. The summed E-state index contributed by atoms with van der Waals surface area (Å²) in [4.78, 5) is 16.6. The van der Waals surface area contributed by atoms with Crippen molar-refractivity contribution in [1.82, 2.24) is 4.90 Å². The van der Waals surface area contributed by atoms with Crippen LogP contribution in [0.15, 0.2) is 48.5 Å². The van der Waals surface area contributed by atoms with Gasteiger partial charge in [-0.2, -0.15) is 0 Å². The molecule has 0 atom stereocenters. The van der Waals surface area contributed by atoms with E-state index in [1.54, 1.807) is 12.1 Å². The van der Waals surface area contributed by atoms with Gasteiger partial charge < -0.3 is 20.6 Å². The van der Waals surface area contributed by atoms with Gasteiger partial charge in [0.25, 0.3) is 0 Å². The average molecular weight is 325 g/mol. The number of carbonyl (C=O) groups excluding carboxylic acids is 1. The fraction of sp³-hybridized carbons (Fsp3) is 0.316. The minimum Gasteiger partial charge on any atom is -0.506 e. The van der Waals surface area contributed by atoms with Crippen molar-refractivity contribution in [1.29, 1.82) is 0 Å². The number of piperazine rings is 1. The van der Waals surface area contributed by atoms with Crippen LogP contribution >= 0.6 is 0 Å². The quantitative estimate of drug-likeness (QED) is 0.668. The molecule has 1 saturated heterocycles. The molecule has 0 aromatic heterocycles. The molecular weight excluding hydrogens is 302 g/mol. The number of benzene rings is 2. The van der Waals surface area contributed by atoms with Crippen LogP contribution in [-0.2, 0) is 11.2 Å². The Hall–Kier alpha value is -2.69. The summed E-state index contributed by atoms with van der Waals surface area (Å²) < 4.78 is 0. The summed E-state index contributed by atoms with van der Waals surface area (Å²) in [6.45, 7) is 3.24. The van der Waals surface area contributed by atoms with Crippen LogP contribution in [0.2, 0.25) is 0 Å². The zero-order valence-electron chi connectivity index (χ0n) is 13.7. The van der Waals surface area contributed by atoms with Crippen LogP contribution in [0.1, 0.15) is 12.0 Å². The summed E-state index contributed by atoms with van der Waals surface area (Å²) in [5, 5.41) is 9.44. The van der Waals surface area contributed by atoms with E-state index in [9.17, 15) is 9.90 Å². The van der Waals surface area contributed by atoms with Gasteiger partial charge in [0.1, 0.15) is 5.75 Å². The molecule has 0 bridgehead atoms. The molecule has 3 rings (SSSR count). The van der Waals surface area contributed by atoms with E-state index in [2.05, 4.69) is 17.0 Å². The molecule has 5 heteroatoms. The van der Waals surface area contributed by atoms with Crippen molar-refractivity contribution in [3.63, 3.8) is 0 Å². The van der Waals surface area contributed by atoms with E-state index in [4.69, 9.17) is 5.73 Å². The third kappa shape index (κ3) is 3.79. The zero-order chi connectivity index (χ0) is 16.9. The second-order valence-electron chi connectivity index (χ2n) is 6.10. The third-order valence-electron chi connectivity index (χ3n) is 4.47. The number of para-hydroxylation sites is 1. The predicted octanol–water partition coefficient (Wildman–Crippen LogP) is 2.26. The molecule has 2 aromatic rings. The standard InChI is InChI=1S/C19H23N3O2/c20-17-14-15(6-8-18(17)23)7-9-19(24)22-12-10-21(11-13-22)16-4-2-1-3-5-16/h1-6,8,14,23H,7,9-13,20H2. The first-order chi connectivity index (χ1) is 11.6. The molecule has 5 nitrogen and oxygen atoms in total. The van der Waals surface area contributed by atoms with Crippen LogP contribution in [0.25, 0.3) is 0 Å². The molecule has 2 aromatic carbocycles. The van der Waals surface area contributed by atoms with Crippen LogP contribution in [0.4, 0.5) is 11.4 Å². The molecular formula is C19H23N3O2. The van der Waals surface area contributed by atoms with Crippen molar-refractivity contribution in [3.8, 4) is 5.75 Å². The highest BCUT2D eigenvalue weighted by molar-refractivity contribution is 5.77. The van der Waals surface area contributed by atoms with Crippen LogP contribution in [0.3, 0.4) is 0 Å². The first-order valence-electron chi connectivity index (χ1n) is 8.28. The number of amides is 1.